The van der Waals surface area contributed by atoms with E-state index >= 15 is 0 Å². The summed E-state index contributed by atoms with van der Waals surface area (Å²) in [7, 11) is 2.21. The quantitative estimate of drug-likeness (QED) is 0.634. The monoisotopic (exact) mass is 175 g/mol. The maximum absolute atomic E-state index is 2.42. The lowest BCUT2D eigenvalue weighted by Gasteiger charge is -2.07. The molecule has 0 amide bonds. The van der Waals surface area contributed by atoms with Crippen molar-refractivity contribution in [1.29, 1.82) is 0 Å². The molecule has 0 radical (unpaired) electrons. The van der Waals surface area contributed by atoms with Crippen LogP contribution in [0.5, 0.6) is 0 Å². The molecule has 1 aliphatic heterocycles. The van der Waals surface area contributed by atoms with E-state index in [0.717, 1.165) is 5.92 Å². The fourth-order valence-electron chi connectivity index (χ4n) is 1.40. The van der Waals surface area contributed by atoms with Gasteiger partial charge in [-0.1, -0.05) is 13.8 Å². The molecule has 1 heterocycles. The number of nitrogens with zero attached hydrogens (tertiary/aromatic N) is 1. The Kier molecular flexibility index (Phi) is 7.18. The van der Waals surface area contributed by atoms with Gasteiger partial charge >= 0.3 is 0 Å². The minimum absolute atomic E-state index is 0.977. The Morgan fingerprint density at radius 1 is 1.45 bits per heavy atom. The fourth-order valence-corrected chi connectivity index (χ4v) is 2.14. The molecule has 2 heteroatoms. The third-order valence-electron chi connectivity index (χ3n) is 1.89. The molecule has 0 saturated carbocycles. The van der Waals surface area contributed by atoms with Crippen molar-refractivity contribution in [3.63, 3.8) is 0 Å². The van der Waals surface area contributed by atoms with Crippen LogP contribution in [0.3, 0.4) is 0 Å². The molecule has 0 N–H and O–H groups in total. The van der Waals surface area contributed by atoms with Gasteiger partial charge in [0.1, 0.15) is 0 Å². The zero-order chi connectivity index (χ0) is 8.69. The van der Waals surface area contributed by atoms with E-state index in [4.69, 9.17) is 0 Å². The average molecular weight is 175 g/mol. The van der Waals surface area contributed by atoms with Gasteiger partial charge in [0, 0.05) is 6.54 Å². The molecule has 11 heavy (non-hydrogen) atoms. The molecule has 1 aliphatic rings. The van der Waals surface area contributed by atoms with Crippen molar-refractivity contribution >= 4 is 11.8 Å². The molecule has 0 aliphatic carbocycles. The number of thioether (sulfide) groups is 1. The largest absolute Gasteiger partial charge is 0.306 e. The van der Waals surface area contributed by atoms with Crippen LogP contribution in [0.2, 0.25) is 0 Å². The van der Waals surface area contributed by atoms with Crippen molar-refractivity contribution in [2.45, 2.75) is 20.3 Å². The van der Waals surface area contributed by atoms with Crippen molar-refractivity contribution < 1.29 is 0 Å². The van der Waals surface area contributed by atoms with Gasteiger partial charge in [0.15, 0.2) is 0 Å². The Morgan fingerprint density at radius 2 is 2.09 bits per heavy atom. The normalized spacial score (nSPS) is 24.5. The first-order valence-electron chi connectivity index (χ1n) is 4.50. The van der Waals surface area contributed by atoms with Crippen LogP contribution in [0.15, 0.2) is 0 Å². The second-order valence-electron chi connectivity index (χ2n) is 2.87. The summed E-state index contributed by atoms with van der Waals surface area (Å²) < 4.78 is 0. The molecule has 0 spiro atoms. The van der Waals surface area contributed by atoms with E-state index in [2.05, 4.69) is 18.2 Å². The molecule has 1 fully saturated rings. The third-order valence-corrected chi connectivity index (χ3v) is 2.70. The maximum Gasteiger partial charge on any atom is 0.00150 e. The topological polar surface area (TPSA) is 3.24 Å². The SMILES string of the molecule is CC.CSCC1CCN(C)C1. The molecular formula is C9H21NS. The van der Waals surface area contributed by atoms with E-state index in [1.807, 2.05) is 25.6 Å². The van der Waals surface area contributed by atoms with Gasteiger partial charge in [-0.3, -0.25) is 0 Å². The van der Waals surface area contributed by atoms with E-state index in [9.17, 15) is 0 Å². The predicted molar refractivity (Wildman–Crippen MR) is 55.3 cm³/mol. The molecule has 0 aromatic rings. The van der Waals surface area contributed by atoms with E-state index < -0.39 is 0 Å². The number of hydrogen-bond donors (Lipinski definition) is 0. The Bertz CT molecular complexity index is 83.6. The standard InChI is InChI=1S/C7H15NS.C2H6/c1-8-4-3-7(5-8)6-9-2;1-2/h7H,3-6H2,1-2H3;1-2H3. The van der Waals surface area contributed by atoms with E-state index in [1.165, 1.54) is 25.3 Å². The molecule has 1 saturated heterocycles. The highest BCUT2D eigenvalue weighted by atomic mass is 32.2. The van der Waals surface area contributed by atoms with E-state index in [0.29, 0.717) is 0 Å². The smallest absolute Gasteiger partial charge is 0.00150 e. The van der Waals surface area contributed by atoms with Crippen LogP contribution in [-0.2, 0) is 0 Å². The van der Waals surface area contributed by atoms with Crippen molar-refractivity contribution in [3.05, 3.63) is 0 Å². The highest BCUT2D eigenvalue weighted by Crippen LogP contribution is 2.17. The predicted octanol–water partition coefficient (Wildman–Crippen LogP) is 2.33. The van der Waals surface area contributed by atoms with Gasteiger partial charge in [0.25, 0.3) is 0 Å². The first-order chi connectivity index (χ1) is 5.33. The van der Waals surface area contributed by atoms with Crippen LogP contribution >= 0.6 is 11.8 Å². The zero-order valence-electron chi connectivity index (χ0n) is 8.26. The summed E-state index contributed by atoms with van der Waals surface area (Å²) in [5.74, 6) is 2.33. The molecule has 1 atom stereocenters. The second-order valence-corrected chi connectivity index (χ2v) is 3.78. The molecule has 0 bridgehead atoms. The summed E-state index contributed by atoms with van der Waals surface area (Å²) in [5.41, 5.74) is 0. The molecule has 68 valence electrons. The lowest BCUT2D eigenvalue weighted by atomic mass is 10.2. The van der Waals surface area contributed by atoms with Crippen LogP contribution in [0, 0.1) is 5.92 Å². The summed E-state index contributed by atoms with van der Waals surface area (Å²) >= 11 is 1.97. The Hall–Kier alpha value is 0.310. The number of hydrogen-bond acceptors (Lipinski definition) is 2. The molecule has 1 nitrogen and oxygen atoms in total. The zero-order valence-corrected chi connectivity index (χ0v) is 9.08. The van der Waals surface area contributed by atoms with Gasteiger partial charge in [0.05, 0.1) is 0 Å². The summed E-state index contributed by atoms with van der Waals surface area (Å²) in [6.45, 7) is 6.63. The van der Waals surface area contributed by atoms with Crippen LogP contribution in [0.1, 0.15) is 20.3 Å². The van der Waals surface area contributed by atoms with Gasteiger partial charge < -0.3 is 4.90 Å². The van der Waals surface area contributed by atoms with E-state index in [1.54, 1.807) is 0 Å². The lowest BCUT2D eigenvalue weighted by Crippen LogP contribution is -2.14. The van der Waals surface area contributed by atoms with Crippen molar-refractivity contribution in [2.75, 3.05) is 32.1 Å². The molecule has 1 unspecified atom stereocenters. The lowest BCUT2D eigenvalue weighted by molar-refractivity contribution is 0.403. The molecule has 0 aromatic heterocycles. The average Bonchev–Trinajstić information content (AvgIpc) is 2.41. The Morgan fingerprint density at radius 3 is 2.45 bits per heavy atom. The van der Waals surface area contributed by atoms with Crippen molar-refractivity contribution in [1.82, 2.24) is 4.90 Å². The minimum Gasteiger partial charge on any atom is -0.306 e. The summed E-state index contributed by atoms with van der Waals surface area (Å²) in [5, 5.41) is 0. The van der Waals surface area contributed by atoms with Crippen LogP contribution in [-0.4, -0.2) is 37.0 Å². The van der Waals surface area contributed by atoms with Crippen molar-refractivity contribution in [2.24, 2.45) is 5.92 Å². The number of likely N-dealkylation sites (tertiary alicyclic amines) is 1. The third kappa shape index (κ3) is 4.70. The first-order valence-corrected chi connectivity index (χ1v) is 5.90. The highest BCUT2D eigenvalue weighted by molar-refractivity contribution is 7.98. The Labute approximate surface area is 75.5 Å². The second kappa shape index (κ2) is 6.99. The van der Waals surface area contributed by atoms with Gasteiger partial charge in [-0.2, -0.15) is 11.8 Å². The molecular weight excluding hydrogens is 154 g/mol. The molecule has 1 rings (SSSR count). The van der Waals surface area contributed by atoms with Crippen LogP contribution < -0.4 is 0 Å². The fraction of sp³-hybridized carbons (Fsp3) is 1.00. The first kappa shape index (κ1) is 11.3. The van der Waals surface area contributed by atoms with Gasteiger partial charge in [-0.25, -0.2) is 0 Å². The Balaban J connectivity index is 0.000000461. The summed E-state index contributed by atoms with van der Waals surface area (Å²) in [6, 6.07) is 0. The van der Waals surface area contributed by atoms with E-state index in [-0.39, 0.29) is 0 Å². The number of rotatable bonds is 2. The molecule has 0 aromatic carbocycles. The van der Waals surface area contributed by atoms with Crippen LogP contribution in [0.25, 0.3) is 0 Å². The van der Waals surface area contributed by atoms with Crippen LogP contribution in [0.4, 0.5) is 0 Å². The van der Waals surface area contributed by atoms with Crippen molar-refractivity contribution in [3.8, 4) is 0 Å². The summed E-state index contributed by atoms with van der Waals surface area (Å²) in [6.07, 6.45) is 3.61. The summed E-state index contributed by atoms with van der Waals surface area (Å²) in [4.78, 5) is 2.42. The van der Waals surface area contributed by atoms with Gasteiger partial charge in [0.2, 0.25) is 0 Å². The minimum atomic E-state index is 0.977. The highest BCUT2D eigenvalue weighted by Gasteiger charge is 2.17. The maximum atomic E-state index is 2.42. The van der Waals surface area contributed by atoms with Gasteiger partial charge in [-0.05, 0) is 37.9 Å². The van der Waals surface area contributed by atoms with Gasteiger partial charge in [-0.15, -0.1) is 0 Å².